The van der Waals surface area contributed by atoms with Crippen LogP contribution >= 0.6 is 0 Å². The second-order valence-corrected chi connectivity index (χ2v) is 8.84. The van der Waals surface area contributed by atoms with Gasteiger partial charge in [0.05, 0.1) is 11.1 Å². The van der Waals surface area contributed by atoms with E-state index in [0.29, 0.717) is 39.9 Å². The molecular weight excluding hydrogens is 417 g/mol. The van der Waals surface area contributed by atoms with Gasteiger partial charge in [0, 0.05) is 23.5 Å². The first kappa shape index (κ1) is 21.9. The summed E-state index contributed by atoms with van der Waals surface area (Å²) in [5.41, 5.74) is 2.89. The Labute approximate surface area is 184 Å². The van der Waals surface area contributed by atoms with Crippen LogP contribution in [0.4, 0.5) is 13.2 Å². The second-order valence-electron chi connectivity index (χ2n) is 8.84. The minimum atomic E-state index is -4.41. The molecule has 32 heavy (non-hydrogen) atoms. The van der Waals surface area contributed by atoms with Gasteiger partial charge in [-0.3, -0.25) is 0 Å². The lowest BCUT2D eigenvalue weighted by molar-refractivity contribution is -0.137. The first-order valence-electron chi connectivity index (χ1n) is 10.2. The Morgan fingerprint density at radius 1 is 0.781 bits per heavy atom. The summed E-state index contributed by atoms with van der Waals surface area (Å²) in [6.07, 6.45) is -4.41. The second kappa shape index (κ2) is 7.65. The van der Waals surface area contributed by atoms with Crippen LogP contribution in [0, 0.1) is 13.8 Å². The summed E-state index contributed by atoms with van der Waals surface area (Å²) in [6.45, 7) is 9.68. The smallest absolute Gasteiger partial charge is 0.416 e. The van der Waals surface area contributed by atoms with Crippen molar-refractivity contribution in [2.24, 2.45) is 0 Å². The molecule has 0 amide bonds. The highest BCUT2D eigenvalue weighted by Gasteiger charge is 2.33. The van der Waals surface area contributed by atoms with Gasteiger partial charge in [-0.2, -0.15) is 13.2 Å². The van der Waals surface area contributed by atoms with Crippen LogP contribution in [-0.4, -0.2) is 10.1 Å². The van der Waals surface area contributed by atoms with E-state index in [1.165, 1.54) is 12.1 Å². The largest absolute Gasteiger partial charge is 0.440 e. The summed E-state index contributed by atoms with van der Waals surface area (Å²) in [5.74, 6) is 1.61. The molecule has 0 fully saturated rings. The third-order valence-electron chi connectivity index (χ3n) is 5.14. The van der Waals surface area contributed by atoms with Crippen molar-refractivity contribution in [1.29, 1.82) is 0 Å². The zero-order valence-electron chi connectivity index (χ0n) is 18.5. The van der Waals surface area contributed by atoms with Crippen LogP contribution in [0.5, 0.6) is 0 Å². The molecule has 166 valence electrons. The van der Waals surface area contributed by atoms with Crippen molar-refractivity contribution in [1.82, 2.24) is 10.1 Å². The average molecular weight is 440 g/mol. The maximum absolute atomic E-state index is 13.0. The lowest BCUT2D eigenvalue weighted by Gasteiger charge is -2.16. The molecule has 0 saturated carbocycles. The van der Waals surface area contributed by atoms with Crippen molar-refractivity contribution in [2.75, 3.05) is 0 Å². The molecular formula is C25H23F3N2O2. The molecule has 2 heterocycles. The number of hydrogen-bond acceptors (Lipinski definition) is 4. The van der Waals surface area contributed by atoms with Crippen molar-refractivity contribution >= 4 is 0 Å². The van der Waals surface area contributed by atoms with Crippen LogP contribution in [0.2, 0.25) is 0 Å². The minimum absolute atomic E-state index is 0.422. The highest BCUT2D eigenvalue weighted by molar-refractivity contribution is 5.87. The molecule has 0 aliphatic carbocycles. The number of benzene rings is 2. The molecule has 0 bridgehead atoms. The number of nitrogens with zero attached hydrogens (tertiary/aromatic N) is 2. The maximum Gasteiger partial charge on any atom is 0.416 e. The highest BCUT2D eigenvalue weighted by atomic mass is 19.4. The molecule has 2 aromatic heterocycles. The van der Waals surface area contributed by atoms with Gasteiger partial charge in [0.15, 0.2) is 17.4 Å². The SMILES string of the molecule is Cc1ccc(-c2oc(C)nc2-c2c(-c3ccc(C(F)(F)F)cc3)noc2C(C)(C)C)cc1. The van der Waals surface area contributed by atoms with E-state index in [1.807, 2.05) is 52.0 Å². The van der Waals surface area contributed by atoms with E-state index < -0.39 is 17.2 Å². The third kappa shape index (κ3) is 4.07. The van der Waals surface area contributed by atoms with Crippen molar-refractivity contribution in [2.45, 2.75) is 46.2 Å². The van der Waals surface area contributed by atoms with Gasteiger partial charge in [-0.05, 0) is 19.1 Å². The summed E-state index contributed by atoms with van der Waals surface area (Å²) in [5, 5.41) is 4.24. The van der Waals surface area contributed by atoms with E-state index in [9.17, 15) is 13.2 Å². The Morgan fingerprint density at radius 3 is 1.94 bits per heavy atom. The zero-order valence-corrected chi connectivity index (χ0v) is 18.5. The van der Waals surface area contributed by atoms with Gasteiger partial charge >= 0.3 is 6.18 Å². The van der Waals surface area contributed by atoms with Gasteiger partial charge in [-0.25, -0.2) is 4.98 Å². The lowest BCUT2D eigenvalue weighted by atomic mass is 9.87. The van der Waals surface area contributed by atoms with E-state index in [4.69, 9.17) is 8.94 Å². The van der Waals surface area contributed by atoms with Crippen molar-refractivity contribution < 1.29 is 22.1 Å². The molecule has 0 aliphatic heterocycles. The van der Waals surface area contributed by atoms with Gasteiger partial charge in [-0.15, -0.1) is 0 Å². The number of hydrogen-bond donors (Lipinski definition) is 0. The van der Waals surface area contributed by atoms with E-state index in [1.54, 1.807) is 6.92 Å². The van der Waals surface area contributed by atoms with E-state index in [2.05, 4.69) is 10.1 Å². The van der Waals surface area contributed by atoms with Crippen LogP contribution in [0.15, 0.2) is 57.5 Å². The average Bonchev–Trinajstić information content (AvgIpc) is 3.31. The maximum atomic E-state index is 13.0. The van der Waals surface area contributed by atoms with Crippen molar-refractivity contribution in [3.05, 3.63) is 71.3 Å². The van der Waals surface area contributed by atoms with Gasteiger partial charge in [0.1, 0.15) is 11.4 Å². The van der Waals surface area contributed by atoms with Crippen LogP contribution in [-0.2, 0) is 11.6 Å². The number of aromatic nitrogens is 2. The molecule has 0 spiro atoms. The predicted molar refractivity (Wildman–Crippen MR) is 116 cm³/mol. The van der Waals surface area contributed by atoms with E-state index >= 15 is 0 Å². The van der Waals surface area contributed by atoms with Crippen molar-refractivity contribution in [3.63, 3.8) is 0 Å². The molecule has 4 nitrogen and oxygen atoms in total. The van der Waals surface area contributed by atoms with Gasteiger partial charge in [0.25, 0.3) is 0 Å². The first-order chi connectivity index (χ1) is 14.9. The molecule has 0 atom stereocenters. The molecule has 0 N–H and O–H groups in total. The van der Waals surface area contributed by atoms with E-state index in [-0.39, 0.29) is 0 Å². The Bertz CT molecular complexity index is 1240. The fourth-order valence-electron chi connectivity index (χ4n) is 3.53. The summed E-state index contributed by atoms with van der Waals surface area (Å²) >= 11 is 0. The fraction of sp³-hybridized carbons (Fsp3) is 0.280. The monoisotopic (exact) mass is 440 g/mol. The first-order valence-corrected chi connectivity index (χ1v) is 10.2. The molecule has 4 aromatic rings. The van der Waals surface area contributed by atoms with Crippen LogP contribution in [0.25, 0.3) is 33.8 Å². The Kier molecular flexibility index (Phi) is 5.23. The highest BCUT2D eigenvalue weighted by Crippen LogP contribution is 2.44. The number of rotatable bonds is 3. The Balaban J connectivity index is 1.94. The third-order valence-corrected chi connectivity index (χ3v) is 5.14. The normalized spacial score (nSPS) is 12.4. The molecule has 2 aromatic carbocycles. The summed E-state index contributed by atoms with van der Waals surface area (Å²) in [4.78, 5) is 4.62. The standard InChI is InChI=1S/C25H23F3N2O2/c1-14-6-8-17(9-7-14)22-21(29-15(2)31-22)19-20(30-32-23(19)24(3,4)5)16-10-12-18(13-11-16)25(26,27)28/h6-13H,1-5H3. The van der Waals surface area contributed by atoms with Gasteiger partial charge in [0.2, 0.25) is 0 Å². The quantitative estimate of drug-likeness (QED) is 0.329. The lowest BCUT2D eigenvalue weighted by Crippen LogP contribution is -2.11. The van der Waals surface area contributed by atoms with Gasteiger partial charge in [-0.1, -0.05) is 67.9 Å². The number of alkyl halides is 3. The Morgan fingerprint density at radius 2 is 1.38 bits per heavy atom. The zero-order chi connectivity index (χ0) is 23.3. The molecule has 0 unspecified atom stereocenters. The number of oxazole rings is 1. The van der Waals surface area contributed by atoms with E-state index in [0.717, 1.165) is 23.3 Å². The van der Waals surface area contributed by atoms with Crippen molar-refractivity contribution in [3.8, 4) is 33.8 Å². The molecule has 7 heteroatoms. The number of aryl methyl sites for hydroxylation is 2. The summed E-state index contributed by atoms with van der Waals surface area (Å²) in [6, 6.07) is 12.7. The van der Waals surface area contributed by atoms with Crippen LogP contribution in [0.1, 0.15) is 43.5 Å². The summed E-state index contributed by atoms with van der Waals surface area (Å²) < 4.78 is 50.8. The predicted octanol–water partition coefficient (Wildman–Crippen LogP) is 7.60. The Hall–Kier alpha value is -3.35. The van der Waals surface area contributed by atoms with Crippen LogP contribution in [0.3, 0.4) is 0 Å². The molecule has 0 radical (unpaired) electrons. The minimum Gasteiger partial charge on any atom is -0.440 e. The summed E-state index contributed by atoms with van der Waals surface area (Å²) in [7, 11) is 0. The van der Waals surface area contributed by atoms with Gasteiger partial charge < -0.3 is 8.94 Å². The van der Waals surface area contributed by atoms with Crippen LogP contribution < -0.4 is 0 Å². The fourth-order valence-corrected chi connectivity index (χ4v) is 3.53. The topological polar surface area (TPSA) is 52.1 Å². The molecule has 0 saturated heterocycles. The molecule has 0 aliphatic rings. The number of halogens is 3. The molecule has 4 rings (SSSR count).